The summed E-state index contributed by atoms with van der Waals surface area (Å²) >= 11 is 0. The Labute approximate surface area is 166 Å². The van der Waals surface area contributed by atoms with Crippen LogP contribution in [0.2, 0.25) is 0 Å². The Morgan fingerprint density at radius 2 is 1.66 bits per heavy atom. The largest absolute Gasteiger partial charge is 0.441 e. The number of nitrogens with one attached hydrogen (secondary N) is 2. The number of benzene rings is 2. The second-order valence-electron chi connectivity index (χ2n) is 6.46. The maximum absolute atomic E-state index is 12.3. The van der Waals surface area contributed by atoms with E-state index in [1.165, 1.54) is 0 Å². The van der Waals surface area contributed by atoms with E-state index in [0.29, 0.717) is 22.9 Å². The lowest BCUT2D eigenvalue weighted by molar-refractivity contribution is -0.121. The van der Waals surface area contributed by atoms with Gasteiger partial charge in [-0.3, -0.25) is 20.4 Å². The number of rotatable bonds is 4. The Kier molecular flexibility index (Phi) is 5.03. The maximum atomic E-state index is 12.3. The van der Waals surface area contributed by atoms with Crippen LogP contribution >= 0.6 is 0 Å². The van der Waals surface area contributed by atoms with Crippen LogP contribution in [0.25, 0.3) is 22.4 Å². The highest BCUT2D eigenvalue weighted by molar-refractivity contribution is 5.96. The molecule has 2 aromatic heterocycles. The van der Waals surface area contributed by atoms with Gasteiger partial charge in [0.1, 0.15) is 11.5 Å². The molecule has 2 aromatic carbocycles. The topological polar surface area (TPSA) is 97.1 Å². The number of nitrogens with zero attached hydrogens (tertiary/aromatic N) is 2. The van der Waals surface area contributed by atoms with Crippen molar-refractivity contribution in [1.82, 2.24) is 20.8 Å². The highest BCUT2D eigenvalue weighted by Crippen LogP contribution is 2.21. The van der Waals surface area contributed by atoms with E-state index >= 15 is 0 Å². The molecule has 0 radical (unpaired) electrons. The third-order valence-corrected chi connectivity index (χ3v) is 4.39. The van der Waals surface area contributed by atoms with Gasteiger partial charge in [-0.2, -0.15) is 0 Å². The lowest BCUT2D eigenvalue weighted by atomic mass is 10.2. The van der Waals surface area contributed by atoms with Crippen molar-refractivity contribution in [2.45, 2.75) is 13.3 Å². The first-order valence-electron chi connectivity index (χ1n) is 9.07. The van der Waals surface area contributed by atoms with Gasteiger partial charge in [-0.1, -0.05) is 42.5 Å². The van der Waals surface area contributed by atoms with Crippen LogP contribution in [0.5, 0.6) is 0 Å². The molecule has 2 N–H and O–H groups in total. The third-order valence-electron chi connectivity index (χ3n) is 4.39. The summed E-state index contributed by atoms with van der Waals surface area (Å²) in [6, 6.07) is 20.3. The molecule has 0 fully saturated rings. The fraction of sp³-hybridized carbons (Fsp3) is 0.0909. The predicted molar refractivity (Wildman–Crippen MR) is 108 cm³/mol. The zero-order chi connectivity index (χ0) is 20.2. The van der Waals surface area contributed by atoms with Crippen LogP contribution in [-0.2, 0) is 11.2 Å². The number of fused-ring (bicyclic) bond motifs is 1. The van der Waals surface area contributed by atoms with Crippen molar-refractivity contribution >= 4 is 22.7 Å². The normalized spacial score (nSPS) is 10.7. The SMILES string of the molecule is Cc1oc(-c2ccccc2)nc1CC(=O)NNC(=O)c1ccc2ccccc2n1. The number of aromatic nitrogens is 2. The molecule has 0 bridgehead atoms. The van der Waals surface area contributed by atoms with Crippen molar-refractivity contribution in [3.63, 3.8) is 0 Å². The number of oxazole rings is 1. The van der Waals surface area contributed by atoms with Gasteiger partial charge in [0.2, 0.25) is 11.8 Å². The molecular weight excluding hydrogens is 368 g/mol. The zero-order valence-corrected chi connectivity index (χ0v) is 15.7. The minimum absolute atomic E-state index is 0.0202. The van der Waals surface area contributed by atoms with Gasteiger partial charge in [0.25, 0.3) is 5.91 Å². The number of carbonyl (C=O) groups excluding carboxylic acids is 2. The third kappa shape index (κ3) is 4.14. The van der Waals surface area contributed by atoms with Crippen LogP contribution in [0, 0.1) is 6.92 Å². The van der Waals surface area contributed by atoms with Crippen LogP contribution in [0.15, 0.2) is 71.1 Å². The highest BCUT2D eigenvalue weighted by Gasteiger charge is 2.15. The molecular formula is C22H18N4O3. The Bertz CT molecular complexity index is 1190. The monoisotopic (exact) mass is 386 g/mol. The summed E-state index contributed by atoms with van der Waals surface area (Å²) in [7, 11) is 0. The van der Waals surface area contributed by atoms with Gasteiger partial charge in [-0.15, -0.1) is 0 Å². The molecule has 2 heterocycles. The molecule has 144 valence electrons. The summed E-state index contributed by atoms with van der Waals surface area (Å²) in [5.41, 5.74) is 7.04. The number of amides is 2. The maximum Gasteiger partial charge on any atom is 0.288 e. The molecule has 4 rings (SSSR count). The van der Waals surface area contributed by atoms with Crippen molar-refractivity contribution in [3.05, 3.63) is 83.9 Å². The summed E-state index contributed by atoms with van der Waals surface area (Å²) in [6.45, 7) is 1.75. The molecule has 4 aromatic rings. The molecule has 0 unspecified atom stereocenters. The first kappa shape index (κ1) is 18.4. The first-order chi connectivity index (χ1) is 14.1. The van der Waals surface area contributed by atoms with Crippen LogP contribution in [0.3, 0.4) is 0 Å². The lowest BCUT2D eigenvalue weighted by Gasteiger charge is -2.07. The summed E-state index contributed by atoms with van der Waals surface area (Å²) in [4.78, 5) is 33.2. The van der Waals surface area contributed by atoms with Gasteiger partial charge in [0.15, 0.2) is 0 Å². The van der Waals surface area contributed by atoms with Gasteiger partial charge in [-0.05, 0) is 31.2 Å². The van der Waals surface area contributed by atoms with Crippen LogP contribution in [0.1, 0.15) is 21.9 Å². The lowest BCUT2D eigenvalue weighted by Crippen LogP contribution is -2.42. The quantitative estimate of drug-likeness (QED) is 0.525. The van der Waals surface area contributed by atoms with Gasteiger partial charge >= 0.3 is 0 Å². The van der Waals surface area contributed by atoms with Gasteiger partial charge in [-0.25, -0.2) is 9.97 Å². The minimum atomic E-state index is -0.494. The summed E-state index contributed by atoms with van der Waals surface area (Å²) in [5.74, 6) is 0.109. The Morgan fingerprint density at radius 3 is 2.48 bits per heavy atom. The number of para-hydroxylation sites is 1. The van der Waals surface area contributed by atoms with Gasteiger partial charge in [0.05, 0.1) is 17.6 Å². The van der Waals surface area contributed by atoms with E-state index in [4.69, 9.17) is 4.42 Å². The summed E-state index contributed by atoms with van der Waals surface area (Å²) in [6.07, 6.45) is -0.0202. The van der Waals surface area contributed by atoms with Crippen molar-refractivity contribution in [2.75, 3.05) is 0 Å². The Morgan fingerprint density at radius 1 is 0.897 bits per heavy atom. The Hall–Kier alpha value is -4.00. The number of hydrogen-bond donors (Lipinski definition) is 2. The fourth-order valence-electron chi connectivity index (χ4n) is 2.88. The van der Waals surface area contributed by atoms with Crippen molar-refractivity contribution in [2.24, 2.45) is 0 Å². The van der Waals surface area contributed by atoms with E-state index < -0.39 is 11.8 Å². The summed E-state index contributed by atoms with van der Waals surface area (Å²) < 4.78 is 5.65. The molecule has 0 spiro atoms. The van der Waals surface area contributed by atoms with E-state index in [9.17, 15) is 9.59 Å². The molecule has 0 saturated heterocycles. The number of pyridine rings is 1. The van der Waals surface area contributed by atoms with Crippen molar-refractivity contribution in [3.8, 4) is 11.5 Å². The average molecular weight is 386 g/mol. The molecule has 7 nitrogen and oxygen atoms in total. The predicted octanol–water partition coefficient (Wildman–Crippen LogP) is 3.20. The number of hydrogen-bond acceptors (Lipinski definition) is 5. The molecule has 0 aliphatic heterocycles. The van der Waals surface area contributed by atoms with E-state index in [-0.39, 0.29) is 12.1 Å². The molecule has 0 saturated carbocycles. The van der Waals surface area contributed by atoms with E-state index in [1.54, 1.807) is 13.0 Å². The fourth-order valence-corrected chi connectivity index (χ4v) is 2.88. The number of aryl methyl sites for hydroxylation is 1. The second-order valence-corrected chi connectivity index (χ2v) is 6.46. The highest BCUT2D eigenvalue weighted by atomic mass is 16.4. The van der Waals surface area contributed by atoms with E-state index in [1.807, 2.05) is 60.7 Å². The minimum Gasteiger partial charge on any atom is -0.441 e. The standard InChI is InChI=1S/C22H18N4O3/c1-14-19(24-22(29-14)16-8-3-2-4-9-16)13-20(27)25-26-21(28)18-12-11-15-7-5-6-10-17(15)23-18/h2-12H,13H2,1H3,(H,25,27)(H,26,28). The van der Waals surface area contributed by atoms with Crippen LogP contribution < -0.4 is 10.9 Å². The average Bonchev–Trinajstić information content (AvgIpc) is 3.12. The first-order valence-corrected chi connectivity index (χ1v) is 9.07. The zero-order valence-electron chi connectivity index (χ0n) is 15.7. The van der Waals surface area contributed by atoms with E-state index in [2.05, 4.69) is 20.8 Å². The van der Waals surface area contributed by atoms with Gasteiger partial charge < -0.3 is 4.42 Å². The smallest absolute Gasteiger partial charge is 0.288 e. The van der Waals surface area contributed by atoms with Crippen LogP contribution in [-0.4, -0.2) is 21.8 Å². The van der Waals surface area contributed by atoms with Crippen molar-refractivity contribution < 1.29 is 14.0 Å². The molecule has 2 amide bonds. The number of carbonyl (C=O) groups is 2. The molecule has 29 heavy (non-hydrogen) atoms. The van der Waals surface area contributed by atoms with Crippen molar-refractivity contribution in [1.29, 1.82) is 0 Å². The molecule has 7 heteroatoms. The number of hydrazine groups is 1. The summed E-state index contributed by atoms with van der Waals surface area (Å²) in [5, 5.41) is 0.934. The van der Waals surface area contributed by atoms with Crippen LogP contribution in [0.4, 0.5) is 0 Å². The second kappa shape index (κ2) is 7.93. The molecule has 0 aliphatic rings. The Balaban J connectivity index is 1.38. The van der Waals surface area contributed by atoms with Gasteiger partial charge in [0, 0.05) is 10.9 Å². The molecule has 0 aliphatic carbocycles. The molecule has 0 atom stereocenters. The van der Waals surface area contributed by atoms with E-state index in [0.717, 1.165) is 10.9 Å².